The van der Waals surface area contributed by atoms with Crippen molar-refractivity contribution in [2.45, 2.75) is 12.2 Å². The van der Waals surface area contributed by atoms with E-state index in [2.05, 4.69) is 0 Å². The van der Waals surface area contributed by atoms with Crippen LogP contribution in [-0.2, 0) is 9.53 Å². The molecule has 1 aliphatic heterocycles. The van der Waals surface area contributed by atoms with E-state index in [4.69, 9.17) is 62.6 Å². The van der Waals surface area contributed by atoms with Crippen molar-refractivity contribution in [1.29, 1.82) is 0 Å². The van der Waals surface area contributed by atoms with Gasteiger partial charge in [0.05, 0.1) is 22.5 Å². The van der Waals surface area contributed by atoms with Crippen molar-refractivity contribution in [2.24, 2.45) is 5.73 Å². The molecule has 2 aromatic carbocycles. The van der Waals surface area contributed by atoms with Gasteiger partial charge in [0.15, 0.2) is 5.69 Å². The van der Waals surface area contributed by atoms with Gasteiger partial charge in [0.25, 0.3) is 5.91 Å². The van der Waals surface area contributed by atoms with E-state index >= 15 is 0 Å². The predicted molar refractivity (Wildman–Crippen MR) is 144 cm³/mol. The molecule has 0 radical (unpaired) electrons. The Balaban J connectivity index is 2.11. The second kappa shape index (κ2) is 10.4. The van der Waals surface area contributed by atoms with Crippen LogP contribution in [0.1, 0.15) is 38.6 Å². The first-order valence-corrected chi connectivity index (χ1v) is 12.8. The van der Waals surface area contributed by atoms with Crippen molar-refractivity contribution in [2.75, 3.05) is 12.3 Å². The van der Waals surface area contributed by atoms with Crippen LogP contribution in [-0.4, -0.2) is 29.0 Å². The summed E-state index contributed by atoms with van der Waals surface area (Å²) >= 11 is 25.6. The van der Waals surface area contributed by atoms with Crippen LogP contribution in [0.2, 0.25) is 20.1 Å². The molecule has 7 nitrogen and oxygen atoms in total. The molecule has 0 unspecified atom stereocenters. The van der Waals surface area contributed by atoms with Crippen LogP contribution in [0.15, 0.2) is 36.4 Å². The summed E-state index contributed by atoms with van der Waals surface area (Å²) < 4.78 is 6.24. The number of aromatic nitrogens is 1. The van der Waals surface area contributed by atoms with E-state index in [0.717, 1.165) is 16.3 Å². The minimum atomic E-state index is -1.02. The number of esters is 1. The predicted octanol–water partition coefficient (Wildman–Crippen LogP) is 4.41. The second-order valence-electron chi connectivity index (χ2n) is 7.59. The smallest absolute Gasteiger partial charge is 0.357 e. The minimum absolute atomic E-state index is 0.00389. The van der Waals surface area contributed by atoms with E-state index in [1.54, 1.807) is 37.3 Å². The van der Waals surface area contributed by atoms with Crippen molar-refractivity contribution >= 4 is 92.6 Å². The van der Waals surface area contributed by atoms with Gasteiger partial charge < -0.3 is 16.2 Å². The Hall–Kier alpha value is -2.62. The van der Waals surface area contributed by atoms with E-state index in [9.17, 15) is 14.4 Å². The summed E-state index contributed by atoms with van der Waals surface area (Å²) in [7, 11) is 0. The monoisotopic (exact) mass is 583 g/mol. The first kappa shape index (κ1) is 26.4. The van der Waals surface area contributed by atoms with Crippen LogP contribution >= 0.6 is 58.2 Å². The lowest BCUT2D eigenvalue weighted by Gasteiger charge is -2.24. The van der Waals surface area contributed by atoms with E-state index < -0.39 is 23.0 Å². The molecule has 3 aromatic rings. The van der Waals surface area contributed by atoms with Gasteiger partial charge in [-0.2, -0.15) is 0 Å². The first-order valence-electron chi connectivity index (χ1n) is 10.4. The number of nitrogens with zero attached hydrogens (tertiary/aromatic N) is 1. The number of nitrogen functional groups attached to an aromatic ring is 1. The van der Waals surface area contributed by atoms with Crippen LogP contribution in [0.3, 0.4) is 0 Å². The van der Waals surface area contributed by atoms with Gasteiger partial charge in [-0.25, -0.2) is 4.79 Å². The lowest BCUT2D eigenvalue weighted by Crippen LogP contribution is -2.43. The van der Waals surface area contributed by atoms with Crippen molar-refractivity contribution in [3.05, 3.63) is 83.9 Å². The zero-order valence-corrected chi connectivity index (χ0v) is 22.3. The summed E-state index contributed by atoms with van der Waals surface area (Å²) in [4.78, 5) is 39.5. The van der Waals surface area contributed by atoms with E-state index in [1.807, 2.05) is 0 Å². The fourth-order valence-corrected chi connectivity index (χ4v) is 6.05. The Kier molecular flexibility index (Phi) is 7.64. The van der Waals surface area contributed by atoms with E-state index in [1.165, 1.54) is 12.1 Å². The number of thioether (sulfide) groups is 1. The van der Waals surface area contributed by atoms with Gasteiger partial charge in [-0.15, -0.1) is 0 Å². The Bertz CT molecular complexity index is 1570. The summed E-state index contributed by atoms with van der Waals surface area (Å²) in [6.07, 6.45) is 1.55. The number of nitrogens with two attached hydrogens (primary N) is 2. The molecule has 0 bridgehead atoms. The SMILES string of the molecule is CCOC(=O)c1c(N)/c(=C\c2ccc(Cl)cc2Cl)c2n1C(=O)[C@H](c1ccc(Cl)cc1Cl)SC=2C(N)=O. The number of carbonyl (C=O) groups is 3. The minimum Gasteiger partial charge on any atom is -0.461 e. The number of fused-ring (bicyclic) bond motifs is 1. The van der Waals surface area contributed by atoms with E-state index in [-0.39, 0.29) is 38.5 Å². The summed E-state index contributed by atoms with van der Waals surface area (Å²) in [5, 5.41) is 0.527. The number of benzene rings is 2. The molecule has 0 aliphatic carbocycles. The highest BCUT2D eigenvalue weighted by Crippen LogP contribution is 2.42. The second-order valence-corrected chi connectivity index (χ2v) is 10.4. The molecule has 186 valence electrons. The molecule has 1 atom stereocenters. The van der Waals surface area contributed by atoms with Crippen LogP contribution in [0.25, 0.3) is 11.0 Å². The fourth-order valence-electron chi connectivity index (χ4n) is 3.80. The molecule has 1 amide bonds. The maximum atomic E-state index is 13.8. The number of ether oxygens (including phenoxy) is 1. The third-order valence-electron chi connectivity index (χ3n) is 5.34. The van der Waals surface area contributed by atoms with Crippen molar-refractivity contribution < 1.29 is 19.1 Å². The Labute approximate surface area is 229 Å². The standard InChI is InChI=1S/C24H17Cl4N3O4S/c1-2-35-24(34)19-17(29)14(7-10-3-4-11(25)8-15(10)27)18-21(22(30)32)36-20(23(33)31(18)19)13-6-5-12(26)9-16(13)28/h3-9,20H,2,29H2,1H3,(H2,30,32)/b14-7+/t20-/m0/s1. The lowest BCUT2D eigenvalue weighted by atomic mass is 10.1. The molecule has 0 fully saturated rings. The number of carbonyl (C=O) groups excluding carboxylic acids is 3. The van der Waals surface area contributed by atoms with Gasteiger partial charge in [-0.1, -0.05) is 70.3 Å². The summed E-state index contributed by atoms with van der Waals surface area (Å²) in [5.41, 5.74) is 12.7. The maximum absolute atomic E-state index is 13.8. The molecule has 1 aliphatic rings. The molecule has 4 rings (SSSR count). The van der Waals surface area contributed by atoms with Crippen molar-refractivity contribution in [3.63, 3.8) is 0 Å². The van der Waals surface area contributed by atoms with Gasteiger partial charge in [-0.3, -0.25) is 14.2 Å². The molecule has 2 heterocycles. The van der Waals surface area contributed by atoms with Crippen molar-refractivity contribution in [3.8, 4) is 0 Å². The Morgan fingerprint density at radius 1 is 1.08 bits per heavy atom. The summed E-state index contributed by atoms with van der Waals surface area (Å²) in [6, 6.07) is 9.38. The zero-order chi connectivity index (χ0) is 26.3. The highest BCUT2D eigenvalue weighted by Gasteiger charge is 2.38. The highest BCUT2D eigenvalue weighted by molar-refractivity contribution is 8.10. The molecular formula is C24H17Cl4N3O4S. The number of primary amides is 1. The average molecular weight is 585 g/mol. The largest absolute Gasteiger partial charge is 0.461 e. The molecule has 0 spiro atoms. The Morgan fingerprint density at radius 2 is 1.72 bits per heavy atom. The number of rotatable bonds is 5. The van der Waals surface area contributed by atoms with Crippen LogP contribution < -0.4 is 22.0 Å². The summed E-state index contributed by atoms with van der Waals surface area (Å²) in [6.45, 7) is 1.65. The lowest BCUT2D eigenvalue weighted by molar-refractivity contribution is -0.112. The quantitative estimate of drug-likeness (QED) is 0.429. The molecule has 12 heteroatoms. The molecule has 36 heavy (non-hydrogen) atoms. The third-order valence-corrected chi connectivity index (χ3v) is 7.79. The van der Waals surface area contributed by atoms with Crippen LogP contribution in [0.5, 0.6) is 0 Å². The summed E-state index contributed by atoms with van der Waals surface area (Å²) in [5.74, 6) is -2.24. The molecular weight excluding hydrogens is 568 g/mol. The van der Waals surface area contributed by atoms with Gasteiger partial charge in [-0.05, 0) is 48.4 Å². The molecule has 1 aromatic heterocycles. The highest BCUT2D eigenvalue weighted by atomic mass is 35.5. The first-order chi connectivity index (χ1) is 17.0. The number of halogens is 4. The number of anilines is 1. The van der Waals surface area contributed by atoms with E-state index in [0.29, 0.717) is 26.2 Å². The van der Waals surface area contributed by atoms with Crippen molar-refractivity contribution in [1.82, 2.24) is 4.57 Å². The van der Waals surface area contributed by atoms with Gasteiger partial charge >= 0.3 is 5.97 Å². The third kappa shape index (κ3) is 4.71. The van der Waals surface area contributed by atoms with Crippen LogP contribution in [0, 0.1) is 0 Å². The number of hydrogen-bond donors (Lipinski definition) is 2. The topological polar surface area (TPSA) is 117 Å². The zero-order valence-electron chi connectivity index (χ0n) is 18.5. The van der Waals surface area contributed by atoms with Gasteiger partial charge in [0.1, 0.15) is 5.25 Å². The maximum Gasteiger partial charge on any atom is 0.357 e. The average Bonchev–Trinajstić information content (AvgIpc) is 3.09. The van der Waals surface area contributed by atoms with Gasteiger partial charge in [0, 0.05) is 25.3 Å². The molecule has 0 saturated carbocycles. The fraction of sp³-hybridized carbons (Fsp3) is 0.125. The molecule has 4 N–H and O–H groups in total. The van der Waals surface area contributed by atoms with Crippen LogP contribution in [0.4, 0.5) is 5.69 Å². The normalized spacial score (nSPS) is 15.7. The van der Waals surface area contributed by atoms with Gasteiger partial charge in [0.2, 0.25) is 5.91 Å². The Morgan fingerprint density at radius 3 is 2.31 bits per heavy atom. The number of amides is 1. The molecule has 0 saturated heterocycles. The number of hydrogen-bond acceptors (Lipinski definition) is 6.